The van der Waals surface area contributed by atoms with Gasteiger partial charge < -0.3 is 14.4 Å². The highest BCUT2D eigenvalue weighted by Gasteiger charge is 2.35. The van der Waals surface area contributed by atoms with Crippen molar-refractivity contribution in [2.75, 3.05) is 13.7 Å². The average Bonchev–Trinajstić information content (AvgIpc) is 2.72. The third kappa shape index (κ3) is 4.57. The van der Waals surface area contributed by atoms with Gasteiger partial charge in [-0.05, 0) is 23.6 Å². The van der Waals surface area contributed by atoms with Gasteiger partial charge in [0, 0.05) is 13.0 Å². The van der Waals surface area contributed by atoms with Gasteiger partial charge in [-0.1, -0.05) is 54.1 Å². The number of hydrogen-bond acceptors (Lipinski definition) is 5. The summed E-state index contributed by atoms with van der Waals surface area (Å²) in [7, 11) is 1.30. The van der Waals surface area contributed by atoms with Gasteiger partial charge in [-0.25, -0.2) is 4.79 Å². The number of carbonyl (C=O) groups is 3. The van der Waals surface area contributed by atoms with Gasteiger partial charge in [0.15, 0.2) is 6.61 Å². The van der Waals surface area contributed by atoms with Gasteiger partial charge >= 0.3 is 11.9 Å². The Morgan fingerprint density at radius 1 is 1.04 bits per heavy atom. The Bertz CT molecular complexity index is 875. The first kappa shape index (κ1) is 19.6. The van der Waals surface area contributed by atoms with Gasteiger partial charge in [0.25, 0.3) is 5.91 Å². The van der Waals surface area contributed by atoms with Crippen LogP contribution in [0.25, 0.3) is 0 Å². The first-order valence-corrected chi connectivity index (χ1v) is 9.13. The molecule has 0 unspecified atom stereocenters. The van der Waals surface area contributed by atoms with E-state index in [2.05, 4.69) is 0 Å². The van der Waals surface area contributed by atoms with Crippen LogP contribution in [0.15, 0.2) is 48.5 Å². The molecule has 146 valence electrons. The Labute approximate surface area is 164 Å². The number of fused-ring (bicyclic) bond motifs is 1. The number of carbonyl (C=O) groups excluding carboxylic acids is 3. The molecular weight excluding hydrogens is 358 g/mol. The van der Waals surface area contributed by atoms with Gasteiger partial charge in [0.05, 0.1) is 13.5 Å². The summed E-state index contributed by atoms with van der Waals surface area (Å²) in [6.07, 6.45) is 0.475. The molecule has 1 amide bonds. The fourth-order valence-electron chi connectivity index (χ4n) is 3.28. The van der Waals surface area contributed by atoms with E-state index in [9.17, 15) is 14.4 Å². The standard InChI is InChI=1S/C22H23NO5/c1-15-7-9-16(10-8-15)11-21(25)28-14-20(24)23-13-18-6-4-3-5-17(18)12-19(23)22(26)27-2/h3-10,19H,11-14H2,1-2H3/t19-/m0/s1. The molecule has 28 heavy (non-hydrogen) atoms. The minimum Gasteiger partial charge on any atom is -0.467 e. The number of methoxy groups -OCH3 is 1. The molecule has 0 fully saturated rings. The predicted molar refractivity (Wildman–Crippen MR) is 102 cm³/mol. The van der Waals surface area contributed by atoms with E-state index < -0.39 is 30.5 Å². The Balaban J connectivity index is 1.63. The second-order valence-corrected chi connectivity index (χ2v) is 6.86. The van der Waals surface area contributed by atoms with Crippen LogP contribution in [0, 0.1) is 6.92 Å². The lowest BCUT2D eigenvalue weighted by Crippen LogP contribution is -2.50. The largest absolute Gasteiger partial charge is 0.467 e. The Kier molecular flexibility index (Phi) is 6.09. The van der Waals surface area contributed by atoms with Crippen molar-refractivity contribution >= 4 is 17.8 Å². The Morgan fingerprint density at radius 3 is 2.39 bits per heavy atom. The van der Waals surface area contributed by atoms with Crippen LogP contribution in [-0.2, 0) is 43.2 Å². The second kappa shape index (κ2) is 8.69. The molecule has 6 heteroatoms. The zero-order valence-corrected chi connectivity index (χ0v) is 16.0. The van der Waals surface area contributed by atoms with Gasteiger partial charge in [-0.2, -0.15) is 0 Å². The van der Waals surface area contributed by atoms with E-state index in [1.807, 2.05) is 55.5 Å². The monoisotopic (exact) mass is 381 g/mol. The molecule has 0 saturated carbocycles. The molecule has 3 rings (SSSR count). The lowest BCUT2D eigenvalue weighted by atomic mass is 9.94. The summed E-state index contributed by atoms with van der Waals surface area (Å²) < 4.78 is 10.0. The molecule has 1 heterocycles. The number of hydrogen-bond donors (Lipinski definition) is 0. The van der Waals surface area contributed by atoms with Crippen molar-refractivity contribution in [1.29, 1.82) is 0 Å². The van der Waals surface area contributed by atoms with Crippen LogP contribution in [-0.4, -0.2) is 42.5 Å². The number of benzene rings is 2. The lowest BCUT2D eigenvalue weighted by Gasteiger charge is -2.35. The average molecular weight is 381 g/mol. The van der Waals surface area contributed by atoms with E-state index >= 15 is 0 Å². The molecule has 0 bridgehead atoms. The van der Waals surface area contributed by atoms with Crippen molar-refractivity contribution in [3.05, 3.63) is 70.8 Å². The van der Waals surface area contributed by atoms with Crippen molar-refractivity contribution in [3.8, 4) is 0 Å². The molecule has 0 aromatic heterocycles. The Morgan fingerprint density at radius 2 is 1.71 bits per heavy atom. The highest BCUT2D eigenvalue weighted by atomic mass is 16.5. The third-order valence-electron chi connectivity index (χ3n) is 4.87. The quantitative estimate of drug-likeness (QED) is 0.743. The molecule has 2 aromatic rings. The van der Waals surface area contributed by atoms with Crippen LogP contribution < -0.4 is 0 Å². The zero-order valence-electron chi connectivity index (χ0n) is 16.0. The number of ether oxygens (including phenoxy) is 2. The molecule has 0 N–H and O–H groups in total. The number of esters is 2. The molecule has 6 nitrogen and oxygen atoms in total. The summed E-state index contributed by atoms with van der Waals surface area (Å²) in [5.41, 5.74) is 3.91. The molecule has 2 aromatic carbocycles. The van der Waals surface area contributed by atoms with Crippen molar-refractivity contribution in [3.63, 3.8) is 0 Å². The summed E-state index contributed by atoms with van der Waals surface area (Å²) in [4.78, 5) is 38.3. The van der Waals surface area contributed by atoms with Gasteiger partial charge in [0.2, 0.25) is 0 Å². The SMILES string of the molecule is COC(=O)[C@@H]1Cc2ccccc2CN1C(=O)COC(=O)Cc1ccc(C)cc1. The number of amides is 1. The smallest absolute Gasteiger partial charge is 0.328 e. The maximum absolute atomic E-state index is 12.7. The first-order valence-electron chi connectivity index (χ1n) is 9.13. The van der Waals surface area contributed by atoms with E-state index in [4.69, 9.17) is 9.47 Å². The molecule has 0 radical (unpaired) electrons. The summed E-state index contributed by atoms with van der Waals surface area (Å²) in [5.74, 6) is -1.37. The topological polar surface area (TPSA) is 72.9 Å². The first-order chi connectivity index (χ1) is 13.5. The molecule has 0 spiro atoms. The van der Waals surface area contributed by atoms with E-state index in [-0.39, 0.29) is 13.0 Å². The number of rotatable bonds is 5. The minimum absolute atomic E-state index is 0.0941. The fourth-order valence-corrected chi connectivity index (χ4v) is 3.28. The molecule has 1 atom stereocenters. The normalized spacial score (nSPS) is 15.5. The number of nitrogens with zero attached hydrogens (tertiary/aromatic N) is 1. The van der Waals surface area contributed by atoms with Crippen LogP contribution in [0.2, 0.25) is 0 Å². The minimum atomic E-state index is -0.719. The molecule has 1 aliphatic rings. The third-order valence-corrected chi connectivity index (χ3v) is 4.87. The molecule has 1 aliphatic heterocycles. The second-order valence-electron chi connectivity index (χ2n) is 6.86. The molecule has 0 aliphatic carbocycles. The summed E-state index contributed by atoms with van der Waals surface area (Å²) >= 11 is 0. The van der Waals surface area contributed by atoms with Crippen molar-refractivity contribution in [2.45, 2.75) is 32.4 Å². The van der Waals surface area contributed by atoms with Gasteiger partial charge in [-0.15, -0.1) is 0 Å². The van der Waals surface area contributed by atoms with Crippen molar-refractivity contribution in [1.82, 2.24) is 4.90 Å². The fraction of sp³-hybridized carbons (Fsp3) is 0.318. The zero-order chi connectivity index (χ0) is 20.1. The van der Waals surface area contributed by atoms with Gasteiger partial charge in [-0.3, -0.25) is 9.59 Å². The lowest BCUT2D eigenvalue weighted by molar-refractivity contribution is -0.159. The van der Waals surface area contributed by atoms with Crippen LogP contribution in [0.3, 0.4) is 0 Å². The predicted octanol–water partition coefficient (Wildman–Crippen LogP) is 2.21. The number of aryl methyl sites for hydroxylation is 1. The van der Waals surface area contributed by atoms with Crippen LogP contribution in [0.1, 0.15) is 22.3 Å². The Hall–Kier alpha value is -3.15. The highest BCUT2D eigenvalue weighted by Crippen LogP contribution is 2.24. The summed E-state index contributed by atoms with van der Waals surface area (Å²) in [5, 5.41) is 0. The van der Waals surface area contributed by atoms with Crippen LogP contribution in [0.5, 0.6) is 0 Å². The maximum atomic E-state index is 12.7. The highest BCUT2D eigenvalue weighted by molar-refractivity contribution is 5.87. The molecular formula is C22H23NO5. The van der Waals surface area contributed by atoms with Crippen molar-refractivity contribution in [2.24, 2.45) is 0 Å². The molecule has 0 saturated heterocycles. The summed E-state index contributed by atoms with van der Waals surface area (Å²) in [6, 6.07) is 14.5. The van der Waals surface area contributed by atoms with E-state index in [0.29, 0.717) is 6.42 Å². The maximum Gasteiger partial charge on any atom is 0.328 e. The van der Waals surface area contributed by atoms with Crippen LogP contribution >= 0.6 is 0 Å². The van der Waals surface area contributed by atoms with Crippen LogP contribution in [0.4, 0.5) is 0 Å². The van der Waals surface area contributed by atoms with E-state index in [0.717, 1.165) is 22.3 Å². The van der Waals surface area contributed by atoms with Gasteiger partial charge in [0.1, 0.15) is 6.04 Å². The van der Waals surface area contributed by atoms with E-state index in [1.54, 1.807) is 0 Å². The van der Waals surface area contributed by atoms with Crippen molar-refractivity contribution < 1.29 is 23.9 Å². The summed E-state index contributed by atoms with van der Waals surface area (Å²) in [6.45, 7) is 1.85. The van der Waals surface area contributed by atoms with E-state index in [1.165, 1.54) is 12.0 Å².